The molecule has 8 fully saturated rings. The third-order valence-corrected chi connectivity index (χ3v) is 19.6. The van der Waals surface area contributed by atoms with Crippen LogP contribution in [0.3, 0.4) is 0 Å². The summed E-state index contributed by atoms with van der Waals surface area (Å²) in [6.07, 6.45) is 6.03. The fourth-order valence-electron chi connectivity index (χ4n) is 16.7. The van der Waals surface area contributed by atoms with Crippen LogP contribution in [0.5, 0.6) is 0 Å². The van der Waals surface area contributed by atoms with Gasteiger partial charge in [-0.25, -0.2) is 8.78 Å². The van der Waals surface area contributed by atoms with E-state index >= 15 is 8.78 Å². The van der Waals surface area contributed by atoms with Gasteiger partial charge in [0.15, 0.2) is 51.6 Å². The highest BCUT2D eigenvalue weighted by molar-refractivity contribution is 6.01. The van der Waals surface area contributed by atoms with E-state index < -0.39 is 111 Å². The van der Waals surface area contributed by atoms with E-state index in [2.05, 4.69) is 0 Å². The largest absolute Gasteiger partial charge is 0.393 e. The monoisotopic (exact) mass is 898 g/mol. The zero-order valence-corrected chi connectivity index (χ0v) is 38.6. The maximum atomic E-state index is 17.3. The Labute approximate surface area is 374 Å². The summed E-state index contributed by atoms with van der Waals surface area (Å²) >= 11 is 0. The Morgan fingerprint density at radius 2 is 1.41 bits per heavy atom. The van der Waals surface area contributed by atoms with Crippen molar-refractivity contribution < 1.29 is 67.3 Å². The molecule has 10 aliphatic rings. The van der Waals surface area contributed by atoms with Gasteiger partial charge in [0.05, 0.1) is 24.4 Å². The molecular formula is C50H68F2O12. The lowest BCUT2D eigenvalue weighted by molar-refractivity contribution is -0.256. The number of aliphatic hydroxyl groups is 4. The summed E-state index contributed by atoms with van der Waals surface area (Å²) in [5, 5.41) is 42.8. The molecule has 0 aromatic carbocycles. The van der Waals surface area contributed by atoms with E-state index in [0.717, 1.165) is 5.57 Å². The molecule has 4 N–H and O–H groups in total. The number of aliphatic hydroxyl groups excluding tert-OH is 4. The van der Waals surface area contributed by atoms with Gasteiger partial charge in [0.2, 0.25) is 0 Å². The van der Waals surface area contributed by atoms with Gasteiger partial charge >= 0.3 is 0 Å². The number of rotatable bonds is 6. The molecule has 12 nitrogen and oxygen atoms in total. The van der Waals surface area contributed by atoms with E-state index in [0.29, 0.717) is 63.4 Å². The smallest absolute Gasteiger partial charge is 0.193 e. The lowest BCUT2D eigenvalue weighted by atomic mass is 9.44. The normalized spacial score (nSPS) is 51.1. The van der Waals surface area contributed by atoms with E-state index in [-0.39, 0.29) is 48.1 Å². The summed E-state index contributed by atoms with van der Waals surface area (Å²) in [6.45, 7) is 13.7. The first-order valence-corrected chi connectivity index (χ1v) is 23.8. The molecule has 64 heavy (non-hydrogen) atoms. The molecule has 8 aliphatic carbocycles. The van der Waals surface area contributed by atoms with E-state index in [1.54, 1.807) is 26.8 Å². The van der Waals surface area contributed by atoms with Gasteiger partial charge < -0.3 is 39.4 Å². The second-order valence-electron chi connectivity index (χ2n) is 22.5. The number of hydrogen-bond donors (Lipinski definition) is 4. The van der Waals surface area contributed by atoms with Gasteiger partial charge in [-0.2, -0.15) is 0 Å². The van der Waals surface area contributed by atoms with Gasteiger partial charge in [0, 0.05) is 28.6 Å². The minimum Gasteiger partial charge on any atom is -0.393 e. The van der Waals surface area contributed by atoms with Crippen LogP contribution in [0.2, 0.25) is 0 Å². The Morgan fingerprint density at radius 1 is 0.797 bits per heavy atom. The fourth-order valence-corrected chi connectivity index (χ4v) is 16.7. The van der Waals surface area contributed by atoms with Crippen molar-refractivity contribution in [2.75, 3.05) is 13.2 Å². The van der Waals surface area contributed by atoms with Crippen molar-refractivity contribution in [3.8, 4) is 0 Å². The van der Waals surface area contributed by atoms with E-state index in [4.69, 9.17) is 18.9 Å². The van der Waals surface area contributed by atoms with Crippen molar-refractivity contribution in [3.05, 3.63) is 35.5 Å². The Morgan fingerprint density at radius 3 is 2.05 bits per heavy atom. The van der Waals surface area contributed by atoms with Gasteiger partial charge in [-0.1, -0.05) is 46.3 Å². The van der Waals surface area contributed by atoms with Gasteiger partial charge in [-0.15, -0.1) is 0 Å². The van der Waals surface area contributed by atoms with Crippen molar-refractivity contribution in [3.63, 3.8) is 0 Å². The third kappa shape index (κ3) is 5.66. The number of allylic oxidation sites excluding steroid dienone is 5. The van der Waals surface area contributed by atoms with E-state index in [1.807, 2.05) is 34.6 Å². The highest BCUT2D eigenvalue weighted by Crippen LogP contribution is 2.74. The maximum Gasteiger partial charge on any atom is 0.193 e. The molecule has 17 atom stereocenters. The van der Waals surface area contributed by atoms with E-state index in [1.165, 1.54) is 18.2 Å². The quantitative estimate of drug-likeness (QED) is 0.256. The Balaban J connectivity index is 0.000000162. The molecule has 2 heterocycles. The van der Waals surface area contributed by atoms with Crippen LogP contribution in [0.1, 0.15) is 126 Å². The molecule has 0 radical (unpaired) electrons. The molecule has 0 unspecified atom stereocenters. The SMILES string of the molecule is CC1(C)O[C@@H]2C[C@H]3[C@@H]4C[C@H](F)C5=CC(=O)CC[C@]5(C)[C@H]4[C@@H](O)C[C@]3(C)[C@]2(C(=O)CO)O1.CCC1(CC)O[C@@H]2C[C@H]3[C@@H]4CCC5=CC(=O)C=C[C@]5(C)[C@@]4(F)[C@@H](O)C[C@]3(C)[C@]2(C(=O)CO)O1. The molecule has 6 saturated carbocycles. The van der Waals surface area contributed by atoms with Crippen molar-refractivity contribution in [2.24, 2.45) is 51.2 Å². The number of halogens is 2. The number of hydrogen-bond acceptors (Lipinski definition) is 12. The van der Waals surface area contributed by atoms with Crippen LogP contribution >= 0.6 is 0 Å². The summed E-state index contributed by atoms with van der Waals surface area (Å²) in [5.74, 6) is -4.25. The number of fused-ring (bicyclic) bond motifs is 14. The predicted molar refractivity (Wildman–Crippen MR) is 226 cm³/mol. The zero-order valence-electron chi connectivity index (χ0n) is 38.6. The molecule has 354 valence electrons. The van der Waals surface area contributed by atoms with Crippen molar-refractivity contribution in [1.29, 1.82) is 0 Å². The second-order valence-corrected chi connectivity index (χ2v) is 22.5. The first-order chi connectivity index (χ1) is 29.9. The van der Waals surface area contributed by atoms with Crippen LogP contribution in [0.4, 0.5) is 8.78 Å². The minimum absolute atomic E-state index is 0.0183. The Bertz CT molecular complexity index is 2110. The first-order valence-electron chi connectivity index (χ1n) is 23.8. The summed E-state index contributed by atoms with van der Waals surface area (Å²) in [4.78, 5) is 50.6. The van der Waals surface area contributed by atoms with Gasteiger partial charge in [-0.05, 0) is 138 Å². The molecule has 0 aromatic rings. The average molecular weight is 899 g/mol. The lowest BCUT2D eigenvalue weighted by Gasteiger charge is -2.62. The number of ketones is 4. The zero-order chi connectivity index (χ0) is 46.6. The Hall–Kier alpha value is -2.56. The molecule has 0 aromatic heterocycles. The number of carbonyl (C=O) groups is 4. The summed E-state index contributed by atoms with van der Waals surface area (Å²) in [5.41, 5.74) is -6.85. The summed E-state index contributed by atoms with van der Waals surface area (Å²) in [6, 6.07) is 0. The van der Waals surface area contributed by atoms with Crippen LogP contribution in [0.15, 0.2) is 35.5 Å². The molecule has 2 aliphatic heterocycles. The van der Waals surface area contributed by atoms with Crippen molar-refractivity contribution in [2.45, 2.75) is 185 Å². The van der Waals surface area contributed by atoms with Crippen LogP contribution in [-0.4, -0.2) is 116 Å². The third-order valence-electron chi connectivity index (χ3n) is 19.6. The average Bonchev–Trinajstić information content (AvgIpc) is 3.88. The maximum absolute atomic E-state index is 17.3. The molecule has 0 amide bonds. The van der Waals surface area contributed by atoms with Gasteiger partial charge in [-0.3, -0.25) is 19.2 Å². The van der Waals surface area contributed by atoms with Crippen LogP contribution in [-0.2, 0) is 38.1 Å². The van der Waals surface area contributed by atoms with Crippen LogP contribution in [0, 0.1) is 51.2 Å². The molecule has 2 saturated heterocycles. The highest BCUT2D eigenvalue weighted by atomic mass is 19.1. The second kappa shape index (κ2) is 14.7. The number of Topliss-reactive ketones (excluding diaryl/α,β-unsaturated/α-hetero) is 2. The van der Waals surface area contributed by atoms with Crippen LogP contribution < -0.4 is 0 Å². The summed E-state index contributed by atoms with van der Waals surface area (Å²) in [7, 11) is 0. The lowest BCUT2D eigenvalue weighted by Crippen LogP contribution is -2.70. The fraction of sp³-hybridized carbons (Fsp3) is 0.800. The number of alkyl halides is 2. The molecule has 0 bridgehead atoms. The number of ether oxygens (including phenoxy) is 4. The standard InChI is InChI=1S/C26H35FO6.C24H33FO6/c1-5-24(6-2)32-21-12-18-17-8-7-15-11-16(29)9-10-22(15,3)25(17,27)19(30)13-23(18,4)26(21,33-24)20(31)14-28;1-21(2)30-19-9-14-13-8-16(25)15-7-12(27)5-6-22(15,3)20(13)17(28)10-23(14,4)24(19,31-21)18(29)11-26/h9-11,17-19,21,28,30H,5-8,12-14H2,1-4H3;7,13-14,16-17,19-20,26,28H,5-6,8-11H2,1-4H3/t17-,18-,19-,21+,22-,23-,25-,26+;13-,14-,16-,17-,19+,20+,22-,23-,24+/m00/s1. The highest BCUT2D eigenvalue weighted by Gasteiger charge is 2.81. The predicted octanol–water partition coefficient (Wildman–Crippen LogP) is 5.70. The minimum atomic E-state index is -1.98. The van der Waals surface area contributed by atoms with Crippen molar-refractivity contribution >= 4 is 23.1 Å². The van der Waals surface area contributed by atoms with Crippen LogP contribution in [0.25, 0.3) is 0 Å². The summed E-state index contributed by atoms with van der Waals surface area (Å²) < 4.78 is 58.2. The molecular weight excluding hydrogens is 831 g/mol. The van der Waals surface area contributed by atoms with Crippen molar-refractivity contribution in [1.82, 2.24) is 0 Å². The topological polar surface area (TPSA) is 186 Å². The van der Waals surface area contributed by atoms with E-state index in [9.17, 15) is 39.6 Å². The first kappa shape index (κ1) is 46.5. The Kier molecular flexibility index (Phi) is 10.7. The number of carbonyl (C=O) groups excluding carboxylic acids is 4. The van der Waals surface area contributed by atoms with Gasteiger partial charge in [0.1, 0.15) is 19.4 Å². The molecule has 14 heteroatoms. The van der Waals surface area contributed by atoms with Gasteiger partial charge in [0.25, 0.3) is 0 Å². The molecule has 10 rings (SSSR count). The molecule has 0 spiro atoms.